The Morgan fingerprint density at radius 1 is 1.03 bits per heavy atom. The van der Waals surface area contributed by atoms with Crippen molar-refractivity contribution in [3.8, 4) is 0 Å². The Labute approximate surface area is 199 Å². The van der Waals surface area contributed by atoms with Crippen LogP contribution in [0, 0.1) is 0 Å². The second-order valence-electron chi connectivity index (χ2n) is 9.13. The number of anilines is 1. The molecule has 2 fully saturated rings. The van der Waals surface area contributed by atoms with Gasteiger partial charge in [-0.2, -0.15) is 0 Å². The normalized spacial score (nSPS) is 22.0. The van der Waals surface area contributed by atoms with Gasteiger partial charge in [0.2, 0.25) is 0 Å². The van der Waals surface area contributed by atoms with Crippen LogP contribution in [0.4, 0.5) is 5.69 Å². The van der Waals surface area contributed by atoms with Crippen LogP contribution >= 0.6 is 0 Å². The minimum absolute atomic E-state index is 0.109. The molecule has 3 aromatic rings. The fourth-order valence-electron chi connectivity index (χ4n) is 4.87. The second-order valence-corrected chi connectivity index (χ2v) is 9.13. The van der Waals surface area contributed by atoms with Gasteiger partial charge in [0.1, 0.15) is 5.76 Å². The Morgan fingerprint density at radius 2 is 1.76 bits per heavy atom. The van der Waals surface area contributed by atoms with Gasteiger partial charge in [-0.15, -0.1) is 0 Å². The van der Waals surface area contributed by atoms with Gasteiger partial charge in [-0.1, -0.05) is 48.5 Å². The molecule has 0 aliphatic carbocycles. The topological polar surface area (TPSA) is 70.1 Å². The summed E-state index contributed by atoms with van der Waals surface area (Å²) in [6.45, 7) is 0.979. The van der Waals surface area contributed by atoms with Gasteiger partial charge in [-0.05, 0) is 47.4 Å². The van der Waals surface area contributed by atoms with Crippen molar-refractivity contribution in [2.45, 2.75) is 25.0 Å². The lowest BCUT2D eigenvalue weighted by atomic mass is 9.94. The Morgan fingerprint density at radius 3 is 2.44 bits per heavy atom. The number of nitrogens with zero attached hydrogens (tertiary/aromatic N) is 2. The first-order chi connectivity index (χ1) is 16.4. The van der Waals surface area contributed by atoms with Crippen LogP contribution in [-0.4, -0.2) is 55.0 Å². The lowest BCUT2D eigenvalue weighted by Crippen LogP contribution is -2.36. The third kappa shape index (κ3) is 3.94. The minimum Gasteiger partial charge on any atom is -0.507 e. The number of hydrogen-bond donors (Lipinski definition) is 1. The highest BCUT2D eigenvalue weighted by Gasteiger charge is 2.47. The van der Waals surface area contributed by atoms with Crippen LogP contribution in [0.1, 0.15) is 30.0 Å². The maximum Gasteiger partial charge on any atom is 0.295 e. The third-order valence-electron chi connectivity index (χ3n) is 6.71. The number of Topliss-reactive ketones (excluding diaryl/α,β-unsaturated/α-hetero) is 1. The molecule has 2 saturated heterocycles. The van der Waals surface area contributed by atoms with E-state index in [1.807, 2.05) is 79.7 Å². The lowest BCUT2D eigenvalue weighted by molar-refractivity contribution is -0.140. The SMILES string of the molecule is CN(C)c1ccc(C2/C(=C(/O)c3ccc4ccccc4c3)C(=O)C(=O)N2CC2CCCO2)cc1. The molecule has 0 saturated carbocycles. The smallest absolute Gasteiger partial charge is 0.295 e. The molecule has 1 N–H and O–H groups in total. The number of fused-ring (bicyclic) bond motifs is 1. The Hall–Kier alpha value is -3.64. The van der Waals surface area contributed by atoms with E-state index in [2.05, 4.69) is 0 Å². The first-order valence-electron chi connectivity index (χ1n) is 11.6. The molecule has 174 valence electrons. The molecule has 2 atom stereocenters. The number of ketones is 1. The zero-order valence-electron chi connectivity index (χ0n) is 19.4. The summed E-state index contributed by atoms with van der Waals surface area (Å²) in [7, 11) is 3.91. The lowest BCUT2D eigenvalue weighted by Gasteiger charge is -2.28. The van der Waals surface area contributed by atoms with Gasteiger partial charge in [0, 0.05) is 38.5 Å². The first kappa shape index (κ1) is 22.2. The summed E-state index contributed by atoms with van der Waals surface area (Å²) in [5.74, 6) is -1.41. The number of ether oxygens (including phenoxy) is 1. The highest BCUT2D eigenvalue weighted by atomic mass is 16.5. The van der Waals surface area contributed by atoms with Crippen molar-refractivity contribution in [2.75, 3.05) is 32.1 Å². The molecule has 3 aromatic carbocycles. The van der Waals surface area contributed by atoms with Gasteiger partial charge in [-0.25, -0.2) is 0 Å². The van der Waals surface area contributed by atoms with E-state index in [4.69, 9.17) is 4.74 Å². The minimum atomic E-state index is -0.674. The van der Waals surface area contributed by atoms with Gasteiger partial charge in [0.25, 0.3) is 11.7 Å². The Kier molecular flexibility index (Phi) is 5.84. The van der Waals surface area contributed by atoms with E-state index in [0.717, 1.165) is 34.9 Å². The number of aliphatic hydroxyl groups is 1. The van der Waals surface area contributed by atoms with Crippen LogP contribution < -0.4 is 4.90 Å². The van der Waals surface area contributed by atoms with Crippen molar-refractivity contribution in [2.24, 2.45) is 0 Å². The summed E-state index contributed by atoms with van der Waals surface area (Å²) in [5, 5.41) is 13.3. The van der Waals surface area contributed by atoms with E-state index < -0.39 is 17.7 Å². The van der Waals surface area contributed by atoms with Gasteiger partial charge in [0.05, 0.1) is 17.7 Å². The highest BCUT2D eigenvalue weighted by Crippen LogP contribution is 2.40. The monoisotopic (exact) mass is 456 g/mol. The molecule has 0 spiro atoms. The van der Waals surface area contributed by atoms with E-state index in [9.17, 15) is 14.7 Å². The van der Waals surface area contributed by atoms with Crippen molar-refractivity contribution in [1.82, 2.24) is 4.90 Å². The quantitative estimate of drug-likeness (QED) is 0.348. The number of benzene rings is 3. The van der Waals surface area contributed by atoms with E-state index in [1.54, 1.807) is 11.0 Å². The van der Waals surface area contributed by atoms with Crippen molar-refractivity contribution < 1.29 is 19.4 Å². The summed E-state index contributed by atoms with van der Waals surface area (Å²) in [6.07, 6.45) is 1.68. The number of hydrogen-bond acceptors (Lipinski definition) is 5. The number of amides is 1. The van der Waals surface area contributed by atoms with Gasteiger partial charge in [0.15, 0.2) is 0 Å². The number of likely N-dealkylation sites (tertiary alicyclic amines) is 1. The standard InChI is InChI=1S/C28H28N2O4/c1-29(2)22-13-11-19(12-14-22)25-24(27(32)28(33)30(25)17-23-8-5-15-34-23)26(31)21-10-9-18-6-3-4-7-20(18)16-21/h3-4,6-7,9-14,16,23,25,31H,5,8,15,17H2,1-2H3/b26-24-. The molecular weight excluding hydrogens is 428 g/mol. The maximum atomic E-state index is 13.3. The van der Waals surface area contributed by atoms with E-state index in [0.29, 0.717) is 18.7 Å². The molecule has 2 aliphatic heterocycles. The molecule has 5 rings (SSSR count). The molecule has 6 heteroatoms. The van der Waals surface area contributed by atoms with Crippen LogP contribution in [0.3, 0.4) is 0 Å². The number of carbonyl (C=O) groups excluding carboxylic acids is 2. The summed E-state index contributed by atoms with van der Waals surface area (Å²) >= 11 is 0. The van der Waals surface area contributed by atoms with E-state index in [1.165, 1.54) is 0 Å². The average Bonchev–Trinajstić information content (AvgIpc) is 3.46. The summed E-state index contributed by atoms with van der Waals surface area (Å²) in [6, 6.07) is 20.5. The molecule has 34 heavy (non-hydrogen) atoms. The fourth-order valence-corrected chi connectivity index (χ4v) is 4.87. The van der Waals surface area contributed by atoms with Crippen LogP contribution in [0.5, 0.6) is 0 Å². The van der Waals surface area contributed by atoms with Crippen LogP contribution in [-0.2, 0) is 14.3 Å². The maximum absolute atomic E-state index is 13.3. The third-order valence-corrected chi connectivity index (χ3v) is 6.71. The Bertz CT molecular complexity index is 1270. The fraction of sp³-hybridized carbons (Fsp3) is 0.286. The van der Waals surface area contributed by atoms with Crippen molar-refractivity contribution >= 4 is 33.9 Å². The van der Waals surface area contributed by atoms with Crippen LogP contribution in [0.2, 0.25) is 0 Å². The largest absolute Gasteiger partial charge is 0.507 e. The number of aliphatic hydroxyl groups excluding tert-OH is 1. The molecule has 2 aliphatic rings. The first-order valence-corrected chi connectivity index (χ1v) is 11.6. The van der Waals surface area contributed by atoms with Crippen molar-refractivity contribution in [3.05, 3.63) is 83.4 Å². The molecular formula is C28H28N2O4. The van der Waals surface area contributed by atoms with Crippen molar-refractivity contribution in [1.29, 1.82) is 0 Å². The number of rotatable bonds is 5. The predicted octanol–water partition coefficient (Wildman–Crippen LogP) is 4.51. The summed E-state index contributed by atoms with van der Waals surface area (Å²) in [5.41, 5.74) is 2.43. The molecule has 0 aromatic heterocycles. The van der Waals surface area contributed by atoms with E-state index >= 15 is 0 Å². The van der Waals surface area contributed by atoms with Gasteiger partial charge >= 0.3 is 0 Å². The molecule has 1 amide bonds. The molecule has 0 bridgehead atoms. The zero-order chi connectivity index (χ0) is 23.8. The molecule has 0 radical (unpaired) electrons. The Balaban J connectivity index is 1.62. The molecule has 6 nitrogen and oxygen atoms in total. The van der Waals surface area contributed by atoms with Crippen LogP contribution in [0.25, 0.3) is 16.5 Å². The predicted molar refractivity (Wildman–Crippen MR) is 133 cm³/mol. The summed E-state index contributed by atoms with van der Waals surface area (Å²) in [4.78, 5) is 30.0. The van der Waals surface area contributed by atoms with Crippen LogP contribution in [0.15, 0.2) is 72.3 Å². The highest BCUT2D eigenvalue weighted by molar-refractivity contribution is 6.46. The molecule has 2 unspecified atom stereocenters. The van der Waals surface area contributed by atoms with E-state index in [-0.39, 0.29) is 17.4 Å². The van der Waals surface area contributed by atoms with Gasteiger partial charge < -0.3 is 19.6 Å². The average molecular weight is 457 g/mol. The van der Waals surface area contributed by atoms with Gasteiger partial charge in [-0.3, -0.25) is 9.59 Å². The van der Waals surface area contributed by atoms with Crippen molar-refractivity contribution in [3.63, 3.8) is 0 Å². The second kappa shape index (κ2) is 8.95. The summed E-state index contributed by atoms with van der Waals surface area (Å²) < 4.78 is 5.77. The molecule has 2 heterocycles. The number of carbonyl (C=O) groups is 2. The zero-order valence-corrected chi connectivity index (χ0v) is 19.4.